The van der Waals surface area contributed by atoms with E-state index in [1.165, 1.54) is 4.31 Å². The van der Waals surface area contributed by atoms with Gasteiger partial charge in [0.15, 0.2) is 0 Å². The fourth-order valence-electron chi connectivity index (χ4n) is 6.16. The zero-order chi connectivity index (χ0) is 29.1. The number of amides is 2. The van der Waals surface area contributed by atoms with E-state index in [9.17, 15) is 22.6 Å². The Hall–Kier alpha value is -3.68. The third kappa shape index (κ3) is 4.25. The highest BCUT2D eigenvalue weighted by atomic mass is 32.2. The van der Waals surface area contributed by atoms with E-state index < -0.39 is 47.1 Å². The molecule has 3 unspecified atom stereocenters. The van der Waals surface area contributed by atoms with Gasteiger partial charge in [0.1, 0.15) is 5.76 Å². The van der Waals surface area contributed by atoms with Crippen molar-refractivity contribution in [2.75, 3.05) is 21.5 Å². The molecule has 212 valence electrons. The van der Waals surface area contributed by atoms with Crippen LogP contribution in [0.2, 0.25) is 0 Å². The first kappa shape index (κ1) is 27.5. The summed E-state index contributed by atoms with van der Waals surface area (Å²) in [6, 6.07) is 21.2. The standard InChI is InChI=1S/C31H31N2O6PS/c1-4-40(36,5-2)39-26-19-24-28(31(35)32(30(24)34)21-11-7-6-8-12-21)29-27(26)23-13-9-10-14-25(23)33(29)41(37,38)22-17-15-20(3)16-18-22/h6-18,24,28-29H,4-5,19H2,1-3H3. The van der Waals surface area contributed by atoms with Gasteiger partial charge < -0.3 is 4.52 Å². The van der Waals surface area contributed by atoms with Crippen LogP contribution in [0.1, 0.15) is 31.4 Å². The van der Waals surface area contributed by atoms with Crippen molar-refractivity contribution in [1.29, 1.82) is 0 Å². The number of aryl methyl sites for hydroxylation is 1. The fraction of sp³-hybridized carbons (Fsp3) is 0.290. The van der Waals surface area contributed by atoms with Crippen molar-refractivity contribution in [3.05, 3.63) is 95.7 Å². The summed E-state index contributed by atoms with van der Waals surface area (Å²) in [5, 5.41) is 0. The molecule has 0 radical (unpaired) electrons. The Morgan fingerprint density at radius 3 is 2.17 bits per heavy atom. The van der Waals surface area contributed by atoms with E-state index in [4.69, 9.17) is 4.52 Å². The van der Waals surface area contributed by atoms with Gasteiger partial charge >= 0.3 is 0 Å². The monoisotopic (exact) mass is 590 g/mol. The summed E-state index contributed by atoms with van der Waals surface area (Å²) in [4.78, 5) is 29.3. The molecule has 3 atom stereocenters. The molecule has 3 aliphatic rings. The minimum Gasteiger partial charge on any atom is -0.447 e. The van der Waals surface area contributed by atoms with Gasteiger partial charge in [-0.05, 0) is 37.3 Å². The lowest BCUT2D eigenvalue weighted by Crippen LogP contribution is -2.48. The molecule has 1 fully saturated rings. The van der Waals surface area contributed by atoms with Crippen LogP contribution in [0.5, 0.6) is 0 Å². The Morgan fingerprint density at radius 1 is 0.878 bits per heavy atom. The Labute approximate surface area is 240 Å². The molecule has 10 heteroatoms. The Bertz CT molecular complexity index is 1730. The number of fused-ring (bicyclic) bond motifs is 5. The molecule has 0 spiro atoms. The quantitative estimate of drug-likeness (QED) is 0.254. The number of hydrogen-bond acceptors (Lipinski definition) is 6. The van der Waals surface area contributed by atoms with Crippen molar-refractivity contribution < 1.29 is 27.1 Å². The average molecular weight is 591 g/mol. The van der Waals surface area contributed by atoms with E-state index in [1.807, 2.05) is 6.92 Å². The summed E-state index contributed by atoms with van der Waals surface area (Å²) >= 11 is 0. The van der Waals surface area contributed by atoms with E-state index in [0.29, 0.717) is 28.3 Å². The highest BCUT2D eigenvalue weighted by Crippen LogP contribution is 2.59. The Kier molecular flexibility index (Phi) is 6.70. The van der Waals surface area contributed by atoms with Crippen molar-refractivity contribution in [3.8, 4) is 0 Å². The van der Waals surface area contributed by atoms with Crippen molar-refractivity contribution in [3.63, 3.8) is 0 Å². The normalized spacial score (nSPS) is 22.1. The molecular weight excluding hydrogens is 559 g/mol. The molecule has 2 aliphatic heterocycles. The van der Waals surface area contributed by atoms with Crippen molar-refractivity contribution in [2.24, 2.45) is 11.8 Å². The SMILES string of the molecule is CCP(=O)(CC)OC1=C2c3ccccc3N(S(=O)(=O)c3ccc(C)cc3)C2C2C(=O)N(c3ccccc3)C(=O)C2C1. The third-order valence-electron chi connectivity index (χ3n) is 8.33. The van der Waals surface area contributed by atoms with Crippen LogP contribution in [0, 0.1) is 18.8 Å². The van der Waals surface area contributed by atoms with E-state index >= 15 is 0 Å². The number of anilines is 2. The number of para-hydroxylation sites is 2. The summed E-state index contributed by atoms with van der Waals surface area (Å²) in [6.45, 7) is 5.45. The maximum absolute atomic E-state index is 14.4. The second-order valence-corrected chi connectivity index (χ2v) is 15.5. The summed E-state index contributed by atoms with van der Waals surface area (Å²) in [6.07, 6.45) is 0.630. The molecule has 0 N–H and O–H groups in total. The first-order chi connectivity index (χ1) is 19.6. The molecule has 2 amide bonds. The predicted molar refractivity (Wildman–Crippen MR) is 158 cm³/mol. The largest absolute Gasteiger partial charge is 0.447 e. The van der Waals surface area contributed by atoms with Crippen molar-refractivity contribution >= 4 is 46.2 Å². The molecular formula is C31H31N2O6PS. The molecule has 6 rings (SSSR count). The lowest BCUT2D eigenvalue weighted by Gasteiger charge is -2.37. The van der Waals surface area contributed by atoms with Crippen LogP contribution in [0.4, 0.5) is 11.4 Å². The maximum atomic E-state index is 14.4. The summed E-state index contributed by atoms with van der Waals surface area (Å²) < 4.78 is 50.0. The molecule has 8 nitrogen and oxygen atoms in total. The van der Waals surface area contributed by atoms with Gasteiger partial charge in [0.2, 0.25) is 19.2 Å². The maximum Gasteiger partial charge on any atom is 0.264 e. The van der Waals surface area contributed by atoms with Crippen LogP contribution in [0.25, 0.3) is 5.57 Å². The lowest BCUT2D eigenvalue weighted by atomic mass is 9.76. The van der Waals surface area contributed by atoms with Crippen molar-refractivity contribution in [1.82, 2.24) is 0 Å². The van der Waals surface area contributed by atoms with E-state index in [-0.39, 0.29) is 23.6 Å². The van der Waals surface area contributed by atoms with Gasteiger partial charge in [0.05, 0.1) is 34.1 Å². The third-order valence-corrected chi connectivity index (χ3v) is 12.6. The minimum atomic E-state index is -4.19. The van der Waals surface area contributed by atoms with E-state index in [1.54, 1.807) is 92.7 Å². The number of hydrogen-bond donors (Lipinski definition) is 0. The second-order valence-electron chi connectivity index (χ2n) is 10.6. The number of carbonyl (C=O) groups excluding carboxylic acids is 2. The number of benzene rings is 3. The topological polar surface area (TPSA) is 101 Å². The zero-order valence-corrected chi connectivity index (χ0v) is 24.8. The molecule has 3 aromatic rings. The molecule has 0 bridgehead atoms. The van der Waals surface area contributed by atoms with Crippen LogP contribution in [0.15, 0.2) is 89.5 Å². The van der Waals surface area contributed by atoms with Gasteiger partial charge in [-0.15, -0.1) is 0 Å². The van der Waals surface area contributed by atoms with Gasteiger partial charge in [-0.25, -0.2) is 13.3 Å². The first-order valence-corrected chi connectivity index (χ1v) is 17.2. The van der Waals surface area contributed by atoms with E-state index in [2.05, 4.69) is 0 Å². The van der Waals surface area contributed by atoms with Crippen LogP contribution >= 0.6 is 7.37 Å². The molecule has 41 heavy (non-hydrogen) atoms. The van der Waals surface area contributed by atoms with Gasteiger partial charge in [-0.2, -0.15) is 0 Å². The van der Waals surface area contributed by atoms with Gasteiger partial charge in [0.25, 0.3) is 10.0 Å². The number of allylic oxidation sites excluding steroid dienone is 1. The Balaban J connectivity index is 1.59. The number of sulfonamides is 1. The molecule has 1 aliphatic carbocycles. The fourth-order valence-corrected chi connectivity index (χ4v) is 9.10. The van der Waals surface area contributed by atoms with Crippen LogP contribution < -0.4 is 9.21 Å². The van der Waals surface area contributed by atoms with Gasteiger partial charge in [0, 0.05) is 29.9 Å². The smallest absolute Gasteiger partial charge is 0.264 e. The minimum absolute atomic E-state index is 0.0567. The molecule has 2 heterocycles. The number of carbonyl (C=O) groups is 2. The highest BCUT2D eigenvalue weighted by Gasteiger charge is 2.61. The van der Waals surface area contributed by atoms with Crippen molar-refractivity contribution in [2.45, 2.75) is 38.1 Å². The van der Waals surface area contributed by atoms with Crippen LogP contribution in [-0.4, -0.2) is 38.6 Å². The van der Waals surface area contributed by atoms with Crippen LogP contribution in [0.3, 0.4) is 0 Å². The molecule has 0 saturated carbocycles. The summed E-state index contributed by atoms with van der Waals surface area (Å²) in [7, 11) is -7.30. The number of nitrogens with zero attached hydrogens (tertiary/aromatic N) is 2. The van der Waals surface area contributed by atoms with Gasteiger partial charge in [-0.1, -0.05) is 67.9 Å². The first-order valence-electron chi connectivity index (χ1n) is 13.8. The number of rotatable bonds is 7. The predicted octanol–water partition coefficient (Wildman–Crippen LogP) is 5.83. The average Bonchev–Trinajstić information content (AvgIpc) is 3.45. The van der Waals surface area contributed by atoms with Crippen LogP contribution in [-0.2, 0) is 28.7 Å². The second kappa shape index (κ2) is 10.00. The zero-order valence-electron chi connectivity index (χ0n) is 23.1. The highest BCUT2D eigenvalue weighted by molar-refractivity contribution is 7.93. The molecule has 1 saturated heterocycles. The summed E-state index contributed by atoms with van der Waals surface area (Å²) in [5.74, 6) is -2.41. The summed E-state index contributed by atoms with van der Waals surface area (Å²) in [5.41, 5.74) is 2.84. The number of imide groups is 1. The molecule has 3 aromatic carbocycles. The molecule has 0 aromatic heterocycles. The lowest BCUT2D eigenvalue weighted by molar-refractivity contribution is -0.122. The Morgan fingerprint density at radius 2 is 1.51 bits per heavy atom. The van der Waals surface area contributed by atoms with Gasteiger partial charge in [-0.3, -0.25) is 18.5 Å². The van der Waals surface area contributed by atoms with E-state index in [0.717, 1.165) is 10.5 Å².